The van der Waals surface area contributed by atoms with Crippen LogP contribution in [0.3, 0.4) is 0 Å². The predicted octanol–water partition coefficient (Wildman–Crippen LogP) is 0.510. The van der Waals surface area contributed by atoms with Gasteiger partial charge in [-0.2, -0.15) is 5.10 Å². The number of likely N-dealkylation sites (tertiary alicyclic amines) is 1. The van der Waals surface area contributed by atoms with E-state index in [2.05, 4.69) is 5.10 Å². The summed E-state index contributed by atoms with van der Waals surface area (Å²) in [4.78, 5) is 26.5. The van der Waals surface area contributed by atoms with Crippen LogP contribution in [0.4, 0.5) is 0 Å². The van der Waals surface area contributed by atoms with Crippen LogP contribution in [0.25, 0.3) is 0 Å². The molecule has 2 amide bonds. The zero-order chi connectivity index (χ0) is 18.6. The number of carbonyl (C=O) groups excluding carboxylic acids is 2. The first-order valence-corrected chi connectivity index (χ1v) is 9.04. The van der Waals surface area contributed by atoms with Crippen LogP contribution in [0.15, 0.2) is 35.4 Å². The number of benzene rings is 1. The van der Waals surface area contributed by atoms with Gasteiger partial charge in [-0.25, -0.2) is 5.01 Å². The molecule has 0 bridgehead atoms. The normalized spacial score (nSPS) is 23.8. The van der Waals surface area contributed by atoms with Crippen molar-refractivity contribution >= 4 is 17.5 Å². The maximum atomic E-state index is 13.0. The lowest BCUT2D eigenvalue weighted by Gasteiger charge is -2.42. The second-order valence-corrected chi connectivity index (χ2v) is 6.92. The molecule has 1 aromatic carbocycles. The van der Waals surface area contributed by atoms with Gasteiger partial charge in [0, 0.05) is 31.3 Å². The van der Waals surface area contributed by atoms with Crippen molar-refractivity contribution in [3.05, 3.63) is 35.9 Å². The number of amides is 2. The van der Waals surface area contributed by atoms with Gasteiger partial charge in [-0.3, -0.25) is 9.59 Å². The minimum atomic E-state index is -0.467. The number of piperidine rings is 1. The fourth-order valence-electron chi connectivity index (χ4n) is 3.76. The van der Waals surface area contributed by atoms with E-state index in [1.165, 1.54) is 5.01 Å². The quantitative estimate of drug-likeness (QED) is 0.801. The molecule has 0 saturated carbocycles. The van der Waals surface area contributed by atoms with E-state index in [1.807, 2.05) is 30.3 Å². The standard InChI is InChI=1S/C19H25N3O4/c23-12-11-22-17(25)8-7-16(20-22)18(26)21-10-4-9-19(13-21,14-24)15-5-2-1-3-6-15/h1-3,5-6,23-24H,4,7-14H2. The van der Waals surface area contributed by atoms with Gasteiger partial charge < -0.3 is 15.1 Å². The van der Waals surface area contributed by atoms with Gasteiger partial charge in [0.05, 0.1) is 19.8 Å². The number of hydrogen-bond acceptors (Lipinski definition) is 5. The highest BCUT2D eigenvalue weighted by atomic mass is 16.3. The first-order chi connectivity index (χ1) is 12.6. The zero-order valence-corrected chi connectivity index (χ0v) is 14.8. The molecule has 3 rings (SSSR count). The molecule has 1 fully saturated rings. The van der Waals surface area contributed by atoms with E-state index >= 15 is 0 Å². The predicted molar refractivity (Wildman–Crippen MR) is 96.5 cm³/mol. The molecule has 7 nitrogen and oxygen atoms in total. The van der Waals surface area contributed by atoms with Crippen LogP contribution in [0.2, 0.25) is 0 Å². The summed E-state index contributed by atoms with van der Waals surface area (Å²) in [5.41, 5.74) is 0.910. The number of carbonyl (C=O) groups is 2. The molecule has 2 N–H and O–H groups in total. The molecule has 1 aromatic rings. The third-order valence-electron chi connectivity index (χ3n) is 5.22. The first kappa shape index (κ1) is 18.5. The first-order valence-electron chi connectivity index (χ1n) is 9.04. The molecule has 2 aliphatic rings. The van der Waals surface area contributed by atoms with Gasteiger partial charge in [-0.15, -0.1) is 0 Å². The largest absolute Gasteiger partial charge is 0.395 e. The topological polar surface area (TPSA) is 93.4 Å². The summed E-state index contributed by atoms with van der Waals surface area (Å²) in [5.74, 6) is -0.364. The van der Waals surface area contributed by atoms with Crippen LogP contribution in [0.5, 0.6) is 0 Å². The molecule has 1 atom stereocenters. The van der Waals surface area contributed by atoms with Crippen LogP contribution in [0, 0.1) is 0 Å². The molecule has 140 valence electrons. The lowest BCUT2D eigenvalue weighted by molar-refractivity contribution is -0.132. The Morgan fingerprint density at radius 3 is 2.65 bits per heavy atom. The molecule has 2 aliphatic heterocycles. The molecule has 0 spiro atoms. The van der Waals surface area contributed by atoms with E-state index < -0.39 is 5.41 Å². The Bertz CT molecular complexity index is 691. The Morgan fingerprint density at radius 2 is 1.96 bits per heavy atom. The highest BCUT2D eigenvalue weighted by Crippen LogP contribution is 2.34. The van der Waals surface area contributed by atoms with Gasteiger partial charge in [0.15, 0.2) is 0 Å². The number of aliphatic hydroxyl groups excluding tert-OH is 2. The third-order valence-corrected chi connectivity index (χ3v) is 5.22. The minimum Gasteiger partial charge on any atom is -0.395 e. The number of β-amino-alcohol motifs (C(OH)–C–C–N with tert-alkyl or cyclic N) is 1. The van der Waals surface area contributed by atoms with Crippen molar-refractivity contribution in [3.63, 3.8) is 0 Å². The van der Waals surface area contributed by atoms with Gasteiger partial charge in [0.1, 0.15) is 5.71 Å². The zero-order valence-electron chi connectivity index (χ0n) is 14.8. The van der Waals surface area contributed by atoms with Gasteiger partial charge >= 0.3 is 0 Å². The smallest absolute Gasteiger partial charge is 0.270 e. The molecule has 0 aliphatic carbocycles. The van der Waals surface area contributed by atoms with Crippen LogP contribution in [-0.2, 0) is 15.0 Å². The monoisotopic (exact) mass is 359 g/mol. The van der Waals surface area contributed by atoms with E-state index in [1.54, 1.807) is 4.90 Å². The average Bonchev–Trinajstić information content (AvgIpc) is 2.70. The molecule has 1 unspecified atom stereocenters. The van der Waals surface area contributed by atoms with Crippen molar-refractivity contribution in [1.82, 2.24) is 9.91 Å². The fourth-order valence-corrected chi connectivity index (χ4v) is 3.76. The summed E-state index contributed by atoms with van der Waals surface area (Å²) in [6.45, 7) is 0.921. The van der Waals surface area contributed by atoms with Crippen molar-refractivity contribution in [2.75, 3.05) is 32.8 Å². The Labute approximate surface area is 152 Å². The Hall–Kier alpha value is -2.25. The molecular weight excluding hydrogens is 334 g/mol. The fraction of sp³-hybridized carbons (Fsp3) is 0.526. The summed E-state index contributed by atoms with van der Waals surface area (Å²) in [5, 5.41) is 24.5. The summed E-state index contributed by atoms with van der Waals surface area (Å²) in [6.07, 6.45) is 2.16. The SMILES string of the molecule is O=C(C1=NN(CCO)C(=O)CC1)N1CCCC(CO)(c2ccccc2)C1. The molecule has 1 saturated heterocycles. The highest BCUT2D eigenvalue weighted by molar-refractivity contribution is 6.39. The van der Waals surface area contributed by atoms with Gasteiger partial charge in [0.2, 0.25) is 5.91 Å². The lowest BCUT2D eigenvalue weighted by Crippen LogP contribution is -2.52. The molecular formula is C19H25N3O4. The van der Waals surface area contributed by atoms with E-state index in [-0.39, 0.29) is 38.0 Å². The summed E-state index contributed by atoms with van der Waals surface area (Å²) in [6, 6.07) is 9.80. The molecule has 2 heterocycles. The maximum Gasteiger partial charge on any atom is 0.270 e. The number of aliphatic hydroxyl groups is 2. The van der Waals surface area contributed by atoms with E-state index in [0.29, 0.717) is 25.2 Å². The van der Waals surface area contributed by atoms with Gasteiger partial charge in [-0.05, 0) is 18.4 Å². The molecule has 0 radical (unpaired) electrons. The number of hydrazone groups is 1. The third kappa shape index (κ3) is 3.64. The van der Waals surface area contributed by atoms with Crippen LogP contribution in [0.1, 0.15) is 31.2 Å². The van der Waals surface area contributed by atoms with Crippen molar-refractivity contribution in [1.29, 1.82) is 0 Å². The van der Waals surface area contributed by atoms with Gasteiger partial charge in [-0.1, -0.05) is 30.3 Å². The number of nitrogens with zero attached hydrogens (tertiary/aromatic N) is 3. The number of hydrogen-bond donors (Lipinski definition) is 2. The van der Waals surface area contributed by atoms with E-state index in [4.69, 9.17) is 5.11 Å². The highest BCUT2D eigenvalue weighted by Gasteiger charge is 2.39. The van der Waals surface area contributed by atoms with Crippen LogP contribution >= 0.6 is 0 Å². The molecule has 0 aromatic heterocycles. The maximum absolute atomic E-state index is 13.0. The minimum absolute atomic E-state index is 0.0254. The molecule has 26 heavy (non-hydrogen) atoms. The van der Waals surface area contributed by atoms with E-state index in [0.717, 1.165) is 18.4 Å². The van der Waals surface area contributed by atoms with Crippen LogP contribution < -0.4 is 0 Å². The number of rotatable bonds is 5. The summed E-state index contributed by atoms with van der Waals surface area (Å²) >= 11 is 0. The van der Waals surface area contributed by atoms with Crippen molar-refractivity contribution in [3.8, 4) is 0 Å². The Kier molecular flexibility index (Phi) is 5.68. The van der Waals surface area contributed by atoms with E-state index in [9.17, 15) is 14.7 Å². The Balaban J connectivity index is 1.80. The summed E-state index contributed by atoms with van der Waals surface area (Å²) in [7, 11) is 0. The van der Waals surface area contributed by atoms with Crippen molar-refractivity contribution in [2.24, 2.45) is 5.10 Å². The van der Waals surface area contributed by atoms with Crippen molar-refractivity contribution in [2.45, 2.75) is 31.1 Å². The van der Waals surface area contributed by atoms with Crippen molar-refractivity contribution < 1.29 is 19.8 Å². The van der Waals surface area contributed by atoms with Crippen LogP contribution in [-0.4, -0.2) is 70.5 Å². The molecule has 7 heteroatoms. The Morgan fingerprint density at radius 1 is 1.19 bits per heavy atom. The van der Waals surface area contributed by atoms with Gasteiger partial charge in [0.25, 0.3) is 5.91 Å². The second-order valence-electron chi connectivity index (χ2n) is 6.92. The average molecular weight is 359 g/mol. The lowest BCUT2D eigenvalue weighted by atomic mass is 9.74. The second kappa shape index (κ2) is 7.97. The summed E-state index contributed by atoms with van der Waals surface area (Å²) < 4.78 is 0.